The molecular formula is C21H22ClN5O9P2. The number of ether oxygens (including phenoxy) is 1. The molecule has 0 bridgehead atoms. The first-order chi connectivity index (χ1) is 17.9. The standard InChI is InChI=1S/C21H22ClN5O9P2/c22-21-25-18(24-13-6-5-11-3-1-2-4-12(11)7-13)15-19(26-21)27(9-23-15)20-17(29)16(28)14(36-20)8-35-38(33,34)10-37(30,31)32/h1-7,9,14,16-17,20,28-29H,8,10H2,(H,33,34)(H,24,25,26)(H2,30,31,32)/t14-,16+,17+,20-/m1/s1. The molecule has 2 aromatic carbocycles. The van der Waals surface area contributed by atoms with Crippen molar-refractivity contribution < 1.29 is 43.3 Å². The third kappa shape index (κ3) is 5.75. The number of aliphatic hydroxyl groups is 2. The molecule has 4 aromatic rings. The van der Waals surface area contributed by atoms with Crippen molar-refractivity contribution in [2.75, 3.05) is 17.8 Å². The van der Waals surface area contributed by atoms with E-state index in [1.165, 1.54) is 10.9 Å². The van der Waals surface area contributed by atoms with Crippen LogP contribution in [0.4, 0.5) is 11.5 Å². The Morgan fingerprint density at radius 3 is 2.53 bits per heavy atom. The van der Waals surface area contributed by atoms with Gasteiger partial charge < -0.3 is 39.5 Å². The molecule has 1 saturated heterocycles. The van der Waals surface area contributed by atoms with Crippen LogP contribution < -0.4 is 5.32 Å². The summed E-state index contributed by atoms with van der Waals surface area (Å²) in [5.41, 5.74) is 1.16. The maximum Gasteiger partial charge on any atom is 0.340 e. The molecule has 1 aliphatic rings. The Balaban J connectivity index is 1.39. The van der Waals surface area contributed by atoms with Crippen molar-refractivity contribution in [3.63, 3.8) is 0 Å². The van der Waals surface area contributed by atoms with E-state index in [2.05, 4.69) is 20.3 Å². The molecule has 0 radical (unpaired) electrons. The first kappa shape index (κ1) is 27.1. The SMILES string of the molecule is O=P(O)(O)CP(=O)(O)OC[C@H]1O[C@@H](n2cnc3c(Nc4ccc5ccccc5c4)nc(Cl)nc32)[C@@H](O)[C@H]1O. The molecule has 1 fully saturated rings. The number of rotatable bonds is 8. The maximum absolute atomic E-state index is 11.9. The first-order valence-corrected chi connectivity index (χ1v) is 15.0. The fourth-order valence-electron chi connectivity index (χ4n) is 4.13. The molecule has 0 amide bonds. The lowest BCUT2D eigenvalue weighted by Crippen LogP contribution is -2.33. The number of imidazole rings is 1. The number of aromatic nitrogens is 4. The minimum Gasteiger partial charge on any atom is -0.387 e. The Kier molecular flexibility index (Phi) is 7.31. The van der Waals surface area contributed by atoms with Crippen LogP contribution in [0.15, 0.2) is 48.8 Å². The number of aliphatic hydroxyl groups excluding tert-OH is 2. The fourth-order valence-corrected chi connectivity index (χ4v) is 6.86. The molecule has 0 aliphatic carbocycles. The maximum atomic E-state index is 11.9. The van der Waals surface area contributed by atoms with Gasteiger partial charge in [-0.25, -0.2) is 4.98 Å². The van der Waals surface area contributed by atoms with Crippen LogP contribution in [0.3, 0.4) is 0 Å². The first-order valence-electron chi connectivity index (χ1n) is 11.1. The van der Waals surface area contributed by atoms with Crippen molar-refractivity contribution in [3.8, 4) is 0 Å². The molecule has 1 aliphatic heterocycles. The van der Waals surface area contributed by atoms with Crippen LogP contribution in [-0.2, 0) is 18.4 Å². The molecule has 14 nitrogen and oxygen atoms in total. The Morgan fingerprint density at radius 2 is 1.79 bits per heavy atom. The smallest absolute Gasteiger partial charge is 0.340 e. The van der Waals surface area contributed by atoms with Crippen LogP contribution in [0, 0.1) is 0 Å². The van der Waals surface area contributed by atoms with E-state index in [9.17, 15) is 24.2 Å². The molecule has 3 heterocycles. The quantitative estimate of drug-likeness (QED) is 0.130. The second-order valence-corrected chi connectivity index (χ2v) is 13.0. The summed E-state index contributed by atoms with van der Waals surface area (Å²) in [5, 5.41) is 26.1. The third-order valence-electron chi connectivity index (χ3n) is 5.82. The highest BCUT2D eigenvalue weighted by molar-refractivity contribution is 7.70. The van der Waals surface area contributed by atoms with Gasteiger partial charge in [0.25, 0.3) is 0 Å². The van der Waals surface area contributed by atoms with E-state index in [-0.39, 0.29) is 22.3 Å². The van der Waals surface area contributed by atoms with Gasteiger partial charge in [-0.2, -0.15) is 9.97 Å². The van der Waals surface area contributed by atoms with Gasteiger partial charge in [0.15, 0.2) is 29.1 Å². The predicted octanol–water partition coefficient (Wildman–Crippen LogP) is 2.33. The number of hydrogen-bond donors (Lipinski definition) is 6. The number of fused-ring (bicyclic) bond motifs is 2. The summed E-state index contributed by atoms with van der Waals surface area (Å²) in [6, 6.07) is 13.5. The Bertz CT molecular complexity index is 1600. The summed E-state index contributed by atoms with van der Waals surface area (Å²) in [6.45, 7) is -0.723. The highest BCUT2D eigenvalue weighted by Crippen LogP contribution is 2.55. The lowest BCUT2D eigenvalue weighted by atomic mass is 10.1. The van der Waals surface area contributed by atoms with Gasteiger partial charge >= 0.3 is 15.2 Å². The van der Waals surface area contributed by atoms with Gasteiger partial charge in [0, 0.05) is 5.69 Å². The number of anilines is 2. The zero-order chi connectivity index (χ0) is 27.2. The molecule has 17 heteroatoms. The van der Waals surface area contributed by atoms with Crippen LogP contribution in [0.25, 0.3) is 21.9 Å². The van der Waals surface area contributed by atoms with Crippen LogP contribution in [-0.4, -0.2) is 75.2 Å². The molecule has 2 aromatic heterocycles. The summed E-state index contributed by atoms with van der Waals surface area (Å²) in [5.74, 6) is -1.12. The zero-order valence-electron chi connectivity index (χ0n) is 19.3. The minimum absolute atomic E-state index is 0.130. The van der Waals surface area contributed by atoms with Crippen molar-refractivity contribution in [2.24, 2.45) is 0 Å². The van der Waals surface area contributed by atoms with Gasteiger partial charge in [0.2, 0.25) is 5.28 Å². The number of hydrogen-bond acceptors (Lipinski definition) is 10. The fraction of sp³-hybridized carbons (Fsp3) is 0.286. The molecule has 38 heavy (non-hydrogen) atoms. The van der Waals surface area contributed by atoms with Gasteiger partial charge in [0.05, 0.1) is 12.9 Å². The topological polar surface area (TPSA) is 209 Å². The second kappa shape index (κ2) is 10.2. The molecule has 5 rings (SSSR count). The normalized spacial score (nSPS) is 23.6. The average molecular weight is 586 g/mol. The van der Waals surface area contributed by atoms with Gasteiger partial charge in [0.1, 0.15) is 18.3 Å². The Morgan fingerprint density at radius 1 is 1.05 bits per heavy atom. The van der Waals surface area contributed by atoms with Crippen LogP contribution in [0.5, 0.6) is 0 Å². The highest BCUT2D eigenvalue weighted by atomic mass is 35.5. The van der Waals surface area contributed by atoms with Crippen LogP contribution in [0.2, 0.25) is 5.28 Å². The molecule has 0 spiro atoms. The van der Waals surface area contributed by atoms with Crippen LogP contribution in [0.1, 0.15) is 6.23 Å². The van der Waals surface area contributed by atoms with E-state index in [0.717, 1.165) is 10.8 Å². The lowest BCUT2D eigenvalue weighted by molar-refractivity contribution is -0.0483. The van der Waals surface area contributed by atoms with Gasteiger partial charge in [-0.1, -0.05) is 30.3 Å². The highest BCUT2D eigenvalue weighted by Gasteiger charge is 2.45. The van der Waals surface area contributed by atoms with E-state index in [1.807, 2.05) is 42.5 Å². The molecule has 1 unspecified atom stereocenters. The third-order valence-corrected chi connectivity index (χ3v) is 9.45. The Hall–Kier alpha value is -2.48. The molecule has 6 N–H and O–H groups in total. The minimum atomic E-state index is -4.84. The number of benzene rings is 2. The van der Waals surface area contributed by atoms with Crippen molar-refractivity contribution in [1.29, 1.82) is 0 Å². The largest absolute Gasteiger partial charge is 0.387 e. The van der Waals surface area contributed by atoms with Crippen molar-refractivity contribution in [3.05, 3.63) is 54.1 Å². The van der Waals surface area contributed by atoms with E-state index in [4.69, 9.17) is 30.6 Å². The van der Waals surface area contributed by atoms with Gasteiger partial charge in [-0.15, -0.1) is 0 Å². The second-order valence-electron chi connectivity index (χ2n) is 8.64. The van der Waals surface area contributed by atoms with E-state index < -0.39 is 52.2 Å². The van der Waals surface area contributed by atoms with E-state index in [0.29, 0.717) is 5.69 Å². The summed E-state index contributed by atoms with van der Waals surface area (Å²) in [7, 11) is -9.53. The molecule has 202 valence electrons. The van der Waals surface area contributed by atoms with Gasteiger partial charge in [-0.05, 0) is 34.5 Å². The van der Waals surface area contributed by atoms with E-state index in [1.54, 1.807) is 0 Å². The van der Waals surface area contributed by atoms with Crippen molar-refractivity contribution in [2.45, 2.75) is 24.5 Å². The monoisotopic (exact) mass is 585 g/mol. The van der Waals surface area contributed by atoms with E-state index >= 15 is 0 Å². The van der Waals surface area contributed by atoms with Gasteiger partial charge in [-0.3, -0.25) is 13.7 Å². The summed E-state index contributed by atoms with van der Waals surface area (Å²) in [6.07, 6.45) is -4.36. The number of nitrogens with one attached hydrogen (secondary N) is 1. The Labute approximate surface area is 219 Å². The lowest BCUT2D eigenvalue weighted by Gasteiger charge is -2.18. The molecular weight excluding hydrogens is 564 g/mol. The summed E-state index contributed by atoms with van der Waals surface area (Å²) < 4.78 is 34.7. The van der Waals surface area contributed by atoms with Crippen molar-refractivity contribution in [1.82, 2.24) is 19.5 Å². The van der Waals surface area contributed by atoms with Crippen LogP contribution >= 0.6 is 26.8 Å². The number of nitrogens with zero attached hydrogens (tertiary/aromatic N) is 4. The zero-order valence-corrected chi connectivity index (χ0v) is 21.8. The molecule has 0 saturated carbocycles. The molecule has 5 atom stereocenters. The number of halogens is 1. The van der Waals surface area contributed by atoms with Crippen molar-refractivity contribution >= 4 is 60.2 Å². The average Bonchev–Trinajstić information content (AvgIpc) is 3.37. The summed E-state index contributed by atoms with van der Waals surface area (Å²) in [4.78, 5) is 40.3. The predicted molar refractivity (Wildman–Crippen MR) is 136 cm³/mol. The summed E-state index contributed by atoms with van der Waals surface area (Å²) >= 11 is 6.17.